The number of thiazole rings is 1. The number of piperazine rings is 1. The Hall–Kier alpha value is -2.97. The van der Waals surface area contributed by atoms with Crippen molar-refractivity contribution in [1.82, 2.24) is 24.3 Å². The molecule has 0 amide bonds. The van der Waals surface area contributed by atoms with Crippen molar-refractivity contribution in [2.75, 3.05) is 38.2 Å². The molecule has 0 saturated carbocycles. The van der Waals surface area contributed by atoms with Gasteiger partial charge in [-0.15, -0.1) is 11.3 Å². The van der Waals surface area contributed by atoms with Gasteiger partial charge in [-0.3, -0.25) is 9.30 Å². The number of rotatable bonds is 5. The van der Waals surface area contributed by atoms with Crippen LogP contribution in [0.5, 0.6) is 5.75 Å². The van der Waals surface area contributed by atoms with Crippen LogP contribution in [0.25, 0.3) is 16.9 Å². The molecule has 1 aliphatic heterocycles. The minimum absolute atomic E-state index is 0.848. The minimum atomic E-state index is 0.848. The van der Waals surface area contributed by atoms with Gasteiger partial charge in [0.1, 0.15) is 5.75 Å². The summed E-state index contributed by atoms with van der Waals surface area (Å²) >= 11 is 1.75. The van der Waals surface area contributed by atoms with Crippen molar-refractivity contribution < 1.29 is 4.74 Å². The lowest BCUT2D eigenvalue weighted by molar-refractivity contribution is 0.251. The predicted octanol–water partition coefficient (Wildman–Crippen LogP) is 3.49. The normalized spacial score (nSPS) is 15.1. The molecule has 0 bridgehead atoms. The fraction of sp³-hybridized carbons (Fsp3) is 0.318. The second-order valence-corrected chi connectivity index (χ2v) is 8.38. The molecule has 1 aliphatic rings. The van der Waals surface area contributed by atoms with Gasteiger partial charge in [-0.25, -0.2) is 15.0 Å². The molecule has 1 aromatic carbocycles. The number of imidazole rings is 1. The van der Waals surface area contributed by atoms with Crippen LogP contribution in [-0.2, 0) is 6.54 Å². The Labute approximate surface area is 179 Å². The molecule has 0 spiro atoms. The third-order valence-electron chi connectivity index (χ3n) is 5.68. The third-order valence-corrected chi connectivity index (χ3v) is 6.60. The van der Waals surface area contributed by atoms with Crippen LogP contribution < -0.4 is 9.64 Å². The predicted molar refractivity (Wildman–Crippen MR) is 119 cm³/mol. The van der Waals surface area contributed by atoms with Gasteiger partial charge in [0, 0.05) is 55.6 Å². The highest BCUT2D eigenvalue weighted by Gasteiger charge is 2.22. The van der Waals surface area contributed by atoms with E-state index >= 15 is 0 Å². The van der Waals surface area contributed by atoms with Crippen LogP contribution in [0.15, 0.2) is 48.4 Å². The number of ether oxygens (including phenoxy) is 1. The van der Waals surface area contributed by atoms with E-state index in [2.05, 4.69) is 43.2 Å². The van der Waals surface area contributed by atoms with Crippen LogP contribution in [0.3, 0.4) is 0 Å². The highest BCUT2D eigenvalue weighted by atomic mass is 32.1. The van der Waals surface area contributed by atoms with Crippen LogP contribution in [-0.4, -0.2) is 57.5 Å². The number of aryl methyl sites for hydroxylation is 1. The van der Waals surface area contributed by atoms with Gasteiger partial charge < -0.3 is 9.64 Å². The Morgan fingerprint density at radius 3 is 2.53 bits per heavy atom. The Morgan fingerprint density at radius 1 is 1.03 bits per heavy atom. The molecule has 7 nitrogen and oxygen atoms in total. The molecular formula is C22H24N6OS. The topological polar surface area (TPSA) is 58.8 Å². The second-order valence-electron chi connectivity index (χ2n) is 7.44. The van der Waals surface area contributed by atoms with E-state index in [4.69, 9.17) is 9.72 Å². The van der Waals surface area contributed by atoms with E-state index in [1.54, 1.807) is 18.4 Å². The summed E-state index contributed by atoms with van der Waals surface area (Å²) in [5.74, 6) is 1.80. The molecule has 0 radical (unpaired) electrons. The number of hydrogen-bond acceptors (Lipinski definition) is 7. The van der Waals surface area contributed by atoms with E-state index in [-0.39, 0.29) is 0 Å². The standard InChI is InChI=1S/C22H24N6OS/c1-16-20(30-15-25-16)14-26-9-11-27(12-10-26)21-22-24-13-19(28(22)8-7-23-21)17-3-5-18(29-2)6-4-17/h3-8,13,15H,9-12,14H2,1-2H3. The Balaban J connectivity index is 1.35. The smallest absolute Gasteiger partial charge is 0.180 e. The summed E-state index contributed by atoms with van der Waals surface area (Å²) < 4.78 is 7.40. The quantitative estimate of drug-likeness (QED) is 0.493. The molecular weight excluding hydrogens is 396 g/mol. The maximum absolute atomic E-state index is 5.27. The lowest BCUT2D eigenvalue weighted by atomic mass is 10.1. The minimum Gasteiger partial charge on any atom is -0.497 e. The van der Waals surface area contributed by atoms with Crippen LogP contribution in [0, 0.1) is 6.92 Å². The molecule has 0 N–H and O–H groups in total. The lowest BCUT2D eigenvalue weighted by Gasteiger charge is -2.35. The summed E-state index contributed by atoms with van der Waals surface area (Å²) in [6.45, 7) is 6.96. The molecule has 0 aliphatic carbocycles. The van der Waals surface area contributed by atoms with Gasteiger partial charge in [-0.05, 0) is 31.2 Å². The van der Waals surface area contributed by atoms with E-state index in [1.165, 1.54) is 4.88 Å². The van der Waals surface area contributed by atoms with Gasteiger partial charge in [-0.1, -0.05) is 0 Å². The summed E-state index contributed by atoms with van der Waals surface area (Å²) in [6.07, 6.45) is 5.77. The zero-order chi connectivity index (χ0) is 20.5. The van der Waals surface area contributed by atoms with Crippen molar-refractivity contribution in [1.29, 1.82) is 0 Å². The van der Waals surface area contributed by atoms with Gasteiger partial charge in [0.05, 0.1) is 30.2 Å². The van der Waals surface area contributed by atoms with E-state index < -0.39 is 0 Å². The van der Waals surface area contributed by atoms with Crippen LogP contribution in [0.4, 0.5) is 5.82 Å². The Bertz CT molecular complexity index is 1140. The number of aromatic nitrogens is 4. The Kier molecular flexibility index (Phi) is 5.10. The van der Waals surface area contributed by atoms with Crippen LogP contribution in [0.2, 0.25) is 0 Å². The number of benzene rings is 1. The molecule has 4 aromatic rings. The summed E-state index contributed by atoms with van der Waals surface area (Å²) in [4.78, 5) is 20.0. The van der Waals surface area contributed by atoms with Crippen LogP contribution >= 0.6 is 11.3 Å². The molecule has 0 unspecified atom stereocenters. The number of hydrogen-bond donors (Lipinski definition) is 0. The number of methoxy groups -OCH3 is 1. The molecule has 3 aromatic heterocycles. The summed E-state index contributed by atoms with van der Waals surface area (Å²) in [7, 11) is 1.68. The fourth-order valence-corrected chi connectivity index (χ4v) is 4.72. The van der Waals surface area contributed by atoms with Gasteiger partial charge in [-0.2, -0.15) is 0 Å². The van der Waals surface area contributed by atoms with Crippen molar-refractivity contribution in [2.24, 2.45) is 0 Å². The Morgan fingerprint density at radius 2 is 1.83 bits per heavy atom. The summed E-state index contributed by atoms with van der Waals surface area (Å²) in [5.41, 5.74) is 6.14. The monoisotopic (exact) mass is 420 g/mol. The summed E-state index contributed by atoms with van der Waals surface area (Å²) in [5, 5.41) is 0. The first kappa shape index (κ1) is 19.0. The molecule has 5 rings (SSSR count). The van der Waals surface area contributed by atoms with Gasteiger partial charge in [0.15, 0.2) is 11.5 Å². The molecule has 4 heterocycles. The maximum Gasteiger partial charge on any atom is 0.180 e. The second kappa shape index (κ2) is 8.04. The molecule has 154 valence electrons. The maximum atomic E-state index is 5.27. The van der Waals surface area contributed by atoms with Gasteiger partial charge >= 0.3 is 0 Å². The van der Waals surface area contributed by atoms with Crippen molar-refractivity contribution in [3.05, 3.63) is 58.9 Å². The number of fused-ring (bicyclic) bond motifs is 1. The first-order chi connectivity index (χ1) is 14.7. The molecule has 1 saturated heterocycles. The average molecular weight is 421 g/mol. The molecule has 1 fully saturated rings. The van der Waals surface area contributed by atoms with E-state index in [0.717, 1.165) is 66.9 Å². The largest absolute Gasteiger partial charge is 0.497 e. The van der Waals surface area contributed by atoms with E-state index in [0.29, 0.717) is 0 Å². The van der Waals surface area contributed by atoms with E-state index in [1.807, 2.05) is 36.2 Å². The third kappa shape index (κ3) is 3.53. The van der Waals surface area contributed by atoms with Crippen molar-refractivity contribution >= 4 is 22.8 Å². The lowest BCUT2D eigenvalue weighted by Crippen LogP contribution is -2.46. The van der Waals surface area contributed by atoms with Gasteiger partial charge in [0.25, 0.3) is 0 Å². The summed E-state index contributed by atoms with van der Waals surface area (Å²) in [6, 6.07) is 8.06. The fourth-order valence-electron chi connectivity index (χ4n) is 3.90. The molecule has 8 heteroatoms. The van der Waals surface area contributed by atoms with Gasteiger partial charge in [0.2, 0.25) is 0 Å². The van der Waals surface area contributed by atoms with Crippen molar-refractivity contribution in [3.63, 3.8) is 0 Å². The highest BCUT2D eigenvalue weighted by molar-refractivity contribution is 7.09. The van der Waals surface area contributed by atoms with Crippen molar-refractivity contribution in [3.8, 4) is 17.0 Å². The molecule has 0 atom stereocenters. The van der Waals surface area contributed by atoms with Crippen LogP contribution in [0.1, 0.15) is 10.6 Å². The molecule has 30 heavy (non-hydrogen) atoms. The SMILES string of the molecule is COc1ccc(-c2cnc3c(N4CCN(Cc5scnc5C)CC4)nccn23)cc1. The average Bonchev–Trinajstić information content (AvgIpc) is 3.40. The highest BCUT2D eigenvalue weighted by Crippen LogP contribution is 2.27. The first-order valence-corrected chi connectivity index (χ1v) is 10.9. The van der Waals surface area contributed by atoms with E-state index in [9.17, 15) is 0 Å². The number of nitrogens with zero attached hydrogens (tertiary/aromatic N) is 6. The number of anilines is 1. The zero-order valence-electron chi connectivity index (χ0n) is 17.2. The zero-order valence-corrected chi connectivity index (χ0v) is 18.0. The first-order valence-electron chi connectivity index (χ1n) is 10.1. The van der Waals surface area contributed by atoms with Crippen molar-refractivity contribution in [2.45, 2.75) is 13.5 Å².